The van der Waals surface area contributed by atoms with Crippen LogP contribution in [-0.2, 0) is 20.8 Å². The maximum absolute atomic E-state index is 13.1. The third kappa shape index (κ3) is 4.16. The first-order valence-corrected chi connectivity index (χ1v) is 9.15. The zero-order valence-electron chi connectivity index (χ0n) is 15.3. The molecule has 6 heteroatoms. The summed E-state index contributed by atoms with van der Waals surface area (Å²) < 4.78 is 0. The monoisotopic (exact) mass is 365 g/mol. The van der Waals surface area contributed by atoms with Crippen LogP contribution < -0.4 is 15.5 Å². The van der Waals surface area contributed by atoms with E-state index in [1.54, 1.807) is 24.3 Å². The third-order valence-electron chi connectivity index (χ3n) is 4.47. The molecule has 0 aliphatic carbocycles. The zero-order valence-corrected chi connectivity index (χ0v) is 15.3. The molecule has 27 heavy (non-hydrogen) atoms. The Hall–Kier alpha value is -3.15. The van der Waals surface area contributed by atoms with Crippen molar-refractivity contribution in [1.82, 2.24) is 5.32 Å². The molecule has 1 heterocycles. The topological polar surface area (TPSA) is 78.5 Å². The van der Waals surface area contributed by atoms with Gasteiger partial charge in [0.2, 0.25) is 5.91 Å². The van der Waals surface area contributed by atoms with Crippen molar-refractivity contribution >= 4 is 29.1 Å². The lowest BCUT2D eigenvalue weighted by atomic mass is 10.0. The van der Waals surface area contributed by atoms with Gasteiger partial charge in [-0.2, -0.15) is 0 Å². The van der Waals surface area contributed by atoms with Gasteiger partial charge in [0.25, 0.3) is 11.8 Å². The van der Waals surface area contributed by atoms with Crippen LogP contribution >= 0.6 is 0 Å². The molecule has 0 saturated carbocycles. The number of amides is 3. The lowest BCUT2D eigenvalue weighted by molar-refractivity contribution is -0.132. The van der Waals surface area contributed by atoms with E-state index in [2.05, 4.69) is 10.6 Å². The normalized spacial score (nSPS) is 15.7. The first-order valence-electron chi connectivity index (χ1n) is 9.15. The molecule has 3 rings (SSSR count). The second kappa shape index (κ2) is 8.49. The van der Waals surface area contributed by atoms with Crippen molar-refractivity contribution < 1.29 is 14.4 Å². The van der Waals surface area contributed by atoms with Crippen molar-refractivity contribution in [1.29, 1.82) is 0 Å². The number of unbranched alkanes of at least 4 members (excludes halogenated alkanes) is 1. The standard InChI is InChI=1S/C21H23N3O3/c1-2-3-13-22-20(26)19-21(27)23-16-11-7-8-12-17(16)24(19)18(25)14-15-9-5-4-6-10-15/h4-12,19H,2-3,13-14H2,1H3,(H,22,26)(H,23,27). The van der Waals surface area contributed by atoms with Crippen molar-refractivity contribution in [3.63, 3.8) is 0 Å². The van der Waals surface area contributed by atoms with Crippen molar-refractivity contribution in [2.45, 2.75) is 32.2 Å². The Morgan fingerprint density at radius 2 is 1.78 bits per heavy atom. The number of hydrogen-bond donors (Lipinski definition) is 2. The summed E-state index contributed by atoms with van der Waals surface area (Å²) in [4.78, 5) is 39.7. The van der Waals surface area contributed by atoms with Crippen LogP contribution in [0.25, 0.3) is 0 Å². The van der Waals surface area contributed by atoms with Gasteiger partial charge in [-0.1, -0.05) is 55.8 Å². The minimum atomic E-state index is -1.21. The number of nitrogens with one attached hydrogen (secondary N) is 2. The van der Waals surface area contributed by atoms with Crippen molar-refractivity contribution in [2.24, 2.45) is 0 Å². The minimum absolute atomic E-state index is 0.112. The molecule has 1 aliphatic heterocycles. The van der Waals surface area contributed by atoms with Gasteiger partial charge < -0.3 is 10.6 Å². The molecule has 2 aromatic carbocycles. The fourth-order valence-electron chi connectivity index (χ4n) is 3.10. The highest BCUT2D eigenvalue weighted by molar-refractivity contribution is 6.21. The number of rotatable bonds is 6. The molecule has 0 aromatic heterocycles. The zero-order chi connectivity index (χ0) is 19.2. The maximum Gasteiger partial charge on any atom is 0.257 e. The van der Waals surface area contributed by atoms with E-state index in [0.29, 0.717) is 17.9 Å². The van der Waals surface area contributed by atoms with Gasteiger partial charge in [-0.25, -0.2) is 0 Å². The van der Waals surface area contributed by atoms with E-state index in [1.165, 1.54) is 4.90 Å². The number of hydrogen-bond acceptors (Lipinski definition) is 3. The molecule has 0 bridgehead atoms. The predicted octanol–water partition coefficient (Wildman–Crippen LogP) is 2.50. The number of carbonyl (C=O) groups excluding carboxylic acids is 3. The summed E-state index contributed by atoms with van der Waals surface area (Å²) in [5, 5.41) is 5.51. The molecule has 0 spiro atoms. The first-order chi connectivity index (χ1) is 13.1. The van der Waals surface area contributed by atoms with Crippen LogP contribution in [0.5, 0.6) is 0 Å². The van der Waals surface area contributed by atoms with Crippen LogP contribution in [0.2, 0.25) is 0 Å². The summed E-state index contributed by atoms with van der Waals surface area (Å²) >= 11 is 0. The fourth-order valence-corrected chi connectivity index (χ4v) is 3.10. The Morgan fingerprint density at radius 1 is 1.07 bits per heavy atom. The minimum Gasteiger partial charge on any atom is -0.354 e. The molecule has 2 aromatic rings. The van der Waals surface area contributed by atoms with Crippen LogP contribution in [-0.4, -0.2) is 30.3 Å². The van der Waals surface area contributed by atoms with Gasteiger partial charge in [-0.05, 0) is 24.1 Å². The number of fused-ring (bicyclic) bond motifs is 1. The van der Waals surface area contributed by atoms with Crippen LogP contribution in [0.3, 0.4) is 0 Å². The lowest BCUT2D eigenvalue weighted by Crippen LogP contribution is -2.58. The lowest BCUT2D eigenvalue weighted by Gasteiger charge is -2.35. The first kappa shape index (κ1) is 18.6. The van der Waals surface area contributed by atoms with Gasteiger partial charge in [0, 0.05) is 6.54 Å². The van der Waals surface area contributed by atoms with E-state index in [-0.39, 0.29) is 12.3 Å². The van der Waals surface area contributed by atoms with E-state index in [1.807, 2.05) is 37.3 Å². The van der Waals surface area contributed by atoms with Crippen LogP contribution in [0.15, 0.2) is 54.6 Å². The molecule has 1 unspecified atom stereocenters. The second-order valence-electron chi connectivity index (χ2n) is 6.48. The largest absolute Gasteiger partial charge is 0.354 e. The fraction of sp³-hybridized carbons (Fsp3) is 0.286. The number of para-hydroxylation sites is 2. The molecule has 2 N–H and O–H groups in total. The molecule has 140 valence electrons. The number of benzene rings is 2. The van der Waals surface area contributed by atoms with Gasteiger partial charge in [-0.3, -0.25) is 19.3 Å². The second-order valence-corrected chi connectivity index (χ2v) is 6.48. The molecule has 6 nitrogen and oxygen atoms in total. The number of carbonyl (C=O) groups is 3. The van der Waals surface area contributed by atoms with Gasteiger partial charge in [-0.15, -0.1) is 0 Å². The van der Waals surface area contributed by atoms with E-state index in [9.17, 15) is 14.4 Å². The van der Waals surface area contributed by atoms with Crippen LogP contribution in [0.4, 0.5) is 11.4 Å². The van der Waals surface area contributed by atoms with Crippen LogP contribution in [0, 0.1) is 0 Å². The summed E-state index contributed by atoms with van der Waals surface area (Å²) in [5.41, 5.74) is 1.89. The van der Waals surface area contributed by atoms with E-state index >= 15 is 0 Å². The highest BCUT2D eigenvalue weighted by Crippen LogP contribution is 2.32. The summed E-state index contributed by atoms with van der Waals surface area (Å²) in [6, 6.07) is 15.1. The molecule has 0 saturated heterocycles. The smallest absolute Gasteiger partial charge is 0.257 e. The van der Waals surface area contributed by atoms with E-state index < -0.39 is 17.9 Å². The summed E-state index contributed by atoms with van der Waals surface area (Å²) in [7, 11) is 0. The molecule has 1 aliphatic rings. The molecule has 0 fully saturated rings. The molecule has 1 atom stereocenters. The van der Waals surface area contributed by atoms with Crippen molar-refractivity contribution in [3.8, 4) is 0 Å². The molecular weight excluding hydrogens is 342 g/mol. The quantitative estimate of drug-likeness (QED) is 0.610. The van der Waals surface area contributed by atoms with Gasteiger partial charge >= 0.3 is 0 Å². The number of anilines is 2. The average Bonchev–Trinajstić information content (AvgIpc) is 2.67. The van der Waals surface area contributed by atoms with Crippen LogP contribution in [0.1, 0.15) is 25.3 Å². The van der Waals surface area contributed by atoms with E-state index in [4.69, 9.17) is 0 Å². The predicted molar refractivity (Wildman–Crippen MR) is 104 cm³/mol. The Balaban J connectivity index is 1.91. The Morgan fingerprint density at radius 3 is 2.52 bits per heavy atom. The number of nitrogens with zero attached hydrogens (tertiary/aromatic N) is 1. The summed E-state index contributed by atoms with van der Waals surface area (Å²) in [6.07, 6.45) is 1.85. The molecule has 0 radical (unpaired) electrons. The van der Waals surface area contributed by atoms with Gasteiger partial charge in [0.15, 0.2) is 6.04 Å². The summed E-state index contributed by atoms with van der Waals surface area (Å²) in [5.74, 6) is -1.25. The molecule has 3 amide bonds. The van der Waals surface area contributed by atoms with Crippen molar-refractivity contribution in [2.75, 3.05) is 16.8 Å². The SMILES string of the molecule is CCCCNC(=O)C1C(=O)Nc2ccccc2N1C(=O)Cc1ccccc1. The maximum atomic E-state index is 13.1. The van der Waals surface area contributed by atoms with Crippen molar-refractivity contribution in [3.05, 3.63) is 60.2 Å². The summed E-state index contributed by atoms with van der Waals surface area (Å²) in [6.45, 7) is 2.49. The Bertz CT molecular complexity index is 836. The Kier molecular flexibility index (Phi) is 5.86. The molecular formula is C21H23N3O3. The third-order valence-corrected chi connectivity index (χ3v) is 4.47. The average molecular weight is 365 g/mol. The Labute approximate surface area is 158 Å². The van der Waals surface area contributed by atoms with Gasteiger partial charge in [0.05, 0.1) is 17.8 Å². The van der Waals surface area contributed by atoms with Gasteiger partial charge in [0.1, 0.15) is 0 Å². The highest BCUT2D eigenvalue weighted by Gasteiger charge is 2.41. The van der Waals surface area contributed by atoms with E-state index in [0.717, 1.165) is 18.4 Å². The highest BCUT2D eigenvalue weighted by atomic mass is 16.2.